The van der Waals surface area contributed by atoms with Gasteiger partial charge in [-0.1, -0.05) is 30.3 Å². The molecule has 1 atom stereocenters. The van der Waals surface area contributed by atoms with Gasteiger partial charge in [0.1, 0.15) is 31.9 Å². The first-order chi connectivity index (χ1) is 9.75. The van der Waals surface area contributed by atoms with Gasteiger partial charge in [-0.05, 0) is 19.1 Å². The average molecular weight is 276 g/mol. The highest BCUT2D eigenvalue weighted by Crippen LogP contribution is 2.20. The Balaban J connectivity index is 1.71. The molecule has 0 aliphatic carbocycles. The molecule has 1 aromatic heterocycles. The lowest BCUT2D eigenvalue weighted by Gasteiger charge is -2.03. The van der Waals surface area contributed by atoms with Crippen LogP contribution in [0.4, 0.5) is 0 Å². The molecular formula is C16H24N2O2+2. The molecule has 20 heavy (non-hydrogen) atoms. The van der Waals surface area contributed by atoms with Gasteiger partial charge in [-0.15, -0.1) is 0 Å². The number of rotatable bonds is 8. The Bertz CT molecular complexity index is 494. The maximum Gasteiger partial charge on any atom is 0.158 e. The molecule has 108 valence electrons. The molecule has 0 saturated heterocycles. The first-order valence-electron chi connectivity index (χ1n) is 7.21. The van der Waals surface area contributed by atoms with Crippen LogP contribution in [0, 0.1) is 0 Å². The summed E-state index contributed by atoms with van der Waals surface area (Å²) in [5.41, 5.74) is 1.11. The topological polar surface area (TPSA) is 66.6 Å². The van der Waals surface area contributed by atoms with Crippen molar-refractivity contribution < 1.29 is 20.2 Å². The molecule has 1 heterocycles. The first-order valence-corrected chi connectivity index (χ1v) is 7.21. The summed E-state index contributed by atoms with van der Waals surface area (Å²) in [7, 11) is 0. The monoisotopic (exact) mass is 276 g/mol. The summed E-state index contributed by atoms with van der Waals surface area (Å²) in [6.45, 7) is 5.47. The van der Waals surface area contributed by atoms with Crippen molar-refractivity contribution in [3.05, 3.63) is 48.2 Å². The van der Waals surface area contributed by atoms with Gasteiger partial charge < -0.3 is 20.2 Å². The molecular weight excluding hydrogens is 252 g/mol. The number of hydrogen-bond acceptors (Lipinski definition) is 2. The highest BCUT2D eigenvalue weighted by Gasteiger charge is 2.05. The summed E-state index contributed by atoms with van der Waals surface area (Å²) in [6, 6.07) is 14.2. The van der Waals surface area contributed by atoms with E-state index in [0.717, 1.165) is 43.3 Å². The number of aliphatic hydroxyl groups excluding tert-OH is 1. The number of furan rings is 1. The van der Waals surface area contributed by atoms with Crippen LogP contribution in [0.3, 0.4) is 0 Å². The Morgan fingerprint density at radius 1 is 1.05 bits per heavy atom. The molecule has 0 bridgehead atoms. The Kier molecular flexibility index (Phi) is 5.80. The van der Waals surface area contributed by atoms with E-state index in [9.17, 15) is 0 Å². The Labute approximate surface area is 119 Å². The molecule has 4 nitrogen and oxygen atoms in total. The van der Waals surface area contributed by atoms with E-state index in [4.69, 9.17) is 9.52 Å². The number of quaternary nitrogens is 2. The van der Waals surface area contributed by atoms with Gasteiger partial charge in [0.25, 0.3) is 0 Å². The van der Waals surface area contributed by atoms with Crippen LogP contribution < -0.4 is 10.6 Å². The van der Waals surface area contributed by atoms with Crippen LogP contribution in [0.15, 0.2) is 46.9 Å². The summed E-state index contributed by atoms with van der Waals surface area (Å²) in [5, 5.41) is 13.5. The van der Waals surface area contributed by atoms with Crippen molar-refractivity contribution in [2.45, 2.75) is 19.6 Å². The maximum atomic E-state index is 9.14. The average Bonchev–Trinajstić information content (AvgIpc) is 2.92. The predicted octanol–water partition coefficient (Wildman–Crippen LogP) is -0.0458. The second kappa shape index (κ2) is 7.85. The van der Waals surface area contributed by atoms with E-state index in [1.807, 2.05) is 37.3 Å². The maximum absolute atomic E-state index is 9.14. The fourth-order valence-corrected chi connectivity index (χ4v) is 2.08. The lowest BCUT2D eigenvalue weighted by Crippen LogP contribution is -2.95. The van der Waals surface area contributed by atoms with Crippen molar-refractivity contribution in [3.8, 4) is 11.3 Å². The molecule has 2 rings (SSSR count). The lowest BCUT2D eigenvalue weighted by atomic mass is 10.2. The molecule has 0 fully saturated rings. The molecule has 0 radical (unpaired) electrons. The Morgan fingerprint density at radius 3 is 2.55 bits per heavy atom. The zero-order valence-corrected chi connectivity index (χ0v) is 12.0. The summed E-state index contributed by atoms with van der Waals surface area (Å²) < 4.78 is 5.83. The zero-order chi connectivity index (χ0) is 14.2. The van der Waals surface area contributed by atoms with Gasteiger partial charge in [0.05, 0.1) is 6.10 Å². The largest absolute Gasteiger partial charge is 0.455 e. The molecule has 1 aromatic carbocycles. The molecule has 0 unspecified atom stereocenters. The van der Waals surface area contributed by atoms with E-state index in [1.165, 1.54) is 0 Å². The third-order valence-corrected chi connectivity index (χ3v) is 3.15. The van der Waals surface area contributed by atoms with Crippen molar-refractivity contribution in [3.63, 3.8) is 0 Å². The Morgan fingerprint density at radius 2 is 1.80 bits per heavy atom. The second-order valence-electron chi connectivity index (χ2n) is 5.08. The molecule has 0 aliphatic heterocycles. The van der Waals surface area contributed by atoms with E-state index in [0.29, 0.717) is 0 Å². The van der Waals surface area contributed by atoms with Gasteiger partial charge in [0, 0.05) is 5.56 Å². The summed E-state index contributed by atoms with van der Waals surface area (Å²) in [6.07, 6.45) is -0.228. The first kappa shape index (κ1) is 14.8. The molecule has 5 N–H and O–H groups in total. The van der Waals surface area contributed by atoms with Crippen molar-refractivity contribution >= 4 is 0 Å². The van der Waals surface area contributed by atoms with Crippen molar-refractivity contribution in [1.82, 2.24) is 0 Å². The minimum atomic E-state index is -0.228. The number of nitrogens with two attached hydrogens (primary N) is 2. The zero-order valence-electron chi connectivity index (χ0n) is 12.0. The predicted molar refractivity (Wildman–Crippen MR) is 78.0 cm³/mol. The van der Waals surface area contributed by atoms with Crippen molar-refractivity contribution in [2.75, 3.05) is 19.6 Å². The smallest absolute Gasteiger partial charge is 0.158 e. The summed E-state index contributed by atoms with van der Waals surface area (Å²) in [5.74, 6) is 1.93. The lowest BCUT2D eigenvalue weighted by molar-refractivity contribution is -0.733. The molecule has 0 saturated carbocycles. The molecule has 0 spiro atoms. The molecule has 0 amide bonds. The van der Waals surface area contributed by atoms with Gasteiger partial charge in [0.2, 0.25) is 0 Å². The van der Waals surface area contributed by atoms with Crippen LogP contribution in [-0.2, 0) is 6.54 Å². The van der Waals surface area contributed by atoms with Crippen LogP contribution >= 0.6 is 0 Å². The fraction of sp³-hybridized carbons (Fsp3) is 0.375. The molecule has 0 aliphatic rings. The van der Waals surface area contributed by atoms with Crippen LogP contribution in [0.2, 0.25) is 0 Å². The van der Waals surface area contributed by atoms with Crippen molar-refractivity contribution in [1.29, 1.82) is 0 Å². The minimum Gasteiger partial charge on any atom is -0.455 e. The van der Waals surface area contributed by atoms with Crippen molar-refractivity contribution in [2.24, 2.45) is 0 Å². The number of aliphatic hydroxyl groups is 1. The fourth-order valence-electron chi connectivity index (χ4n) is 2.08. The minimum absolute atomic E-state index is 0.228. The Hall–Kier alpha value is -1.62. The van der Waals surface area contributed by atoms with E-state index < -0.39 is 0 Å². The molecule has 4 heteroatoms. The van der Waals surface area contributed by atoms with E-state index in [1.54, 1.807) is 0 Å². The van der Waals surface area contributed by atoms with E-state index in [-0.39, 0.29) is 6.10 Å². The quantitative estimate of drug-likeness (QED) is 0.592. The van der Waals surface area contributed by atoms with Gasteiger partial charge in [-0.3, -0.25) is 0 Å². The van der Waals surface area contributed by atoms with Gasteiger partial charge in [-0.25, -0.2) is 0 Å². The highest BCUT2D eigenvalue weighted by atomic mass is 16.3. The summed E-state index contributed by atoms with van der Waals surface area (Å²) >= 11 is 0. The second-order valence-corrected chi connectivity index (χ2v) is 5.08. The van der Waals surface area contributed by atoms with Gasteiger partial charge in [-0.2, -0.15) is 0 Å². The van der Waals surface area contributed by atoms with E-state index in [2.05, 4.69) is 22.8 Å². The standard InChI is InChI=1S/C16H22N2O2/c1-13(19)11-17-9-10-18-12-15-7-8-16(20-15)14-5-3-2-4-6-14/h2-8,13,17-19H,9-12H2,1H3/p+2/t13-/m1/s1. The third-order valence-electron chi connectivity index (χ3n) is 3.15. The normalized spacial score (nSPS) is 12.5. The van der Waals surface area contributed by atoms with Crippen LogP contribution in [0.1, 0.15) is 12.7 Å². The number of benzene rings is 1. The molecule has 2 aromatic rings. The summed E-state index contributed by atoms with van der Waals surface area (Å²) in [4.78, 5) is 0. The SMILES string of the molecule is C[C@@H](O)C[NH2+]CC[NH2+]Cc1ccc(-c2ccccc2)o1. The highest BCUT2D eigenvalue weighted by molar-refractivity contribution is 5.57. The van der Waals surface area contributed by atoms with Crippen LogP contribution in [0.5, 0.6) is 0 Å². The van der Waals surface area contributed by atoms with Crippen LogP contribution in [0.25, 0.3) is 11.3 Å². The van der Waals surface area contributed by atoms with E-state index >= 15 is 0 Å². The third kappa shape index (κ3) is 4.81. The van der Waals surface area contributed by atoms with Gasteiger partial charge in [0.15, 0.2) is 5.76 Å². The number of hydrogen-bond donors (Lipinski definition) is 3. The van der Waals surface area contributed by atoms with Crippen LogP contribution in [-0.4, -0.2) is 30.8 Å². The van der Waals surface area contributed by atoms with Gasteiger partial charge >= 0.3 is 0 Å².